The molecule has 0 saturated heterocycles. The van der Waals surface area contributed by atoms with Crippen LogP contribution in [-0.4, -0.2) is 6.54 Å². The molecule has 1 aromatic carbocycles. The Morgan fingerprint density at radius 2 is 2.00 bits per heavy atom. The summed E-state index contributed by atoms with van der Waals surface area (Å²) in [7, 11) is 0. The van der Waals surface area contributed by atoms with Crippen LogP contribution in [0.25, 0.3) is 0 Å². The highest BCUT2D eigenvalue weighted by atomic mass is 79.9. The molecule has 0 aliphatic carbocycles. The molecule has 0 saturated carbocycles. The van der Waals surface area contributed by atoms with Crippen LogP contribution in [0.2, 0.25) is 0 Å². The summed E-state index contributed by atoms with van der Waals surface area (Å²) in [6, 6.07) is 6.60. The van der Waals surface area contributed by atoms with E-state index < -0.39 is 0 Å². The quantitative estimate of drug-likeness (QED) is 0.883. The van der Waals surface area contributed by atoms with Crippen LogP contribution in [-0.2, 0) is 0 Å². The Kier molecular flexibility index (Phi) is 4.81. The Morgan fingerprint density at radius 1 is 1.33 bits per heavy atom. The van der Waals surface area contributed by atoms with E-state index in [-0.39, 0.29) is 0 Å². The number of halogens is 1. The van der Waals surface area contributed by atoms with Gasteiger partial charge in [-0.15, -0.1) is 0 Å². The molecule has 2 unspecified atom stereocenters. The lowest BCUT2D eigenvalue weighted by molar-refractivity contribution is 0.459. The molecule has 0 spiro atoms. The van der Waals surface area contributed by atoms with E-state index in [0.717, 1.165) is 13.0 Å². The summed E-state index contributed by atoms with van der Waals surface area (Å²) >= 11 is 3.53. The van der Waals surface area contributed by atoms with Gasteiger partial charge in [0.1, 0.15) is 0 Å². The molecule has 15 heavy (non-hydrogen) atoms. The van der Waals surface area contributed by atoms with Crippen LogP contribution in [0.5, 0.6) is 0 Å². The normalized spacial score (nSPS) is 15.0. The van der Waals surface area contributed by atoms with Crippen molar-refractivity contribution in [1.29, 1.82) is 0 Å². The van der Waals surface area contributed by atoms with Crippen LogP contribution in [0.1, 0.15) is 37.3 Å². The van der Waals surface area contributed by atoms with Crippen molar-refractivity contribution in [3.05, 3.63) is 33.8 Å². The summed E-state index contributed by atoms with van der Waals surface area (Å²) in [4.78, 5) is 0. The first kappa shape index (κ1) is 12.7. The first-order chi connectivity index (χ1) is 7.06. The van der Waals surface area contributed by atoms with Gasteiger partial charge < -0.3 is 5.73 Å². The van der Waals surface area contributed by atoms with Crippen molar-refractivity contribution >= 4 is 15.9 Å². The summed E-state index contributed by atoms with van der Waals surface area (Å²) < 4.78 is 1.19. The highest BCUT2D eigenvalue weighted by molar-refractivity contribution is 9.10. The van der Waals surface area contributed by atoms with Gasteiger partial charge in [-0.1, -0.05) is 41.9 Å². The molecular weight excluding hydrogens is 250 g/mol. The molecule has 1 rings (SSSR count). The average molecular weight is 270 g/mol. The lowest BCUT2D eigenvalue weighted by Gasteiger charge is -2.20. The zero-order valence-corrected chi connectivity index (χ0v) is 11.3. The van der Waals surface area contributed by atoms with E-state index in [2.05, 4.69) is 54.9 Å². The van der Waals surface area contributed by atoms with Crippen molar-refractivity contribution in [2.45, 2.75) is 33.1 Å². The number of aryl methyl sites for hydroxylation is 1. The second-order valence-corrected chi connectivity index (χ2v) is 5.21. The highest BCUT2D eigenvalue weighted by Gasteiger charge is 2.13. The van der Waals surface area contributed by atoms with Gasteiger partial charge in [0, 0.05) is 4.47 Å². The van der Waals surface area contributed by atoms with Gasteiger partial charge in [-0.25, -0.2) is 0 Å². The van der Waals surface area contributed by atoms with Gasteiger partial charge in [0.25, 0.3) is 0 Å². The summed E-state index contributed by atoms with van der Waals surface area (Å²) in [6.45, 7) is 7.47. The number of hydrogen-bond acceptors (Lipinski definition) is 1. The van der Waals surface area contributed by atoms with Gasteiger partial charge in [0.2, 0.25) is 0 Å². The number of nitrogens with two attached hydrogens (primary N) is 1. The van der Waals surface area contributed by atoms with Gasteiger partial charge in [-0.2, -0.15) is 0 Å². The van der Waals surface area contributed by atoms with Gasteiger partial charge in [-0.05, 0) is 48.9 Å². The maximum atomic E-state index is 5.59. The maximum absolute atomic E-state index is 5.59. The lowest BCUT2D eigenvalue weighted by atomic mass is 9.86. The summed E-state index contributed by atoms with van der Waals surface area (Å²) in [5.41, 5.74) is 8.31. The SMILES string of the molecule is Cc1cc(C(C)C(C)CCN)ccc1Br. The van der Waals surface area contributed by atoms with Crippen LogP contribution < -0.4 is 5.73 Å². The molecule has 84 valence electrons. The Labute approximate surface area is 101 Å². The van der Waals surface area contributed by atoms with Crippen LogP contribution in [0.15, 0.2) is 22.7 Å². The van der Waals surface area contributed by atoms with Crippen LogP contribution in [0.3, 0.4) is 0 Å². The van der Waals surface area contributed by atoms with Gasteiger partial charge >= 0.3 is 0 Å². The molecule has 2 heteroatoms. The largest absolute Gasteiger partial charge is 0.330 e. The topological polar surface area (TPSA) is 26.0 Å². The molecule has 0 bridgehead atoms. The Balaban J connectivity index is 2.81. The minimum Gasteiger partial charge on any atom is -0.330 e. The fourth-order valence-electron chi connectivity index (χ4n) is 1.79. The highest BCUT2D eigenvalue weighted by Crippen LogP contribution is 2.28. The first-order valence-electron chi connectivity index (χ1n) is 5.52. The van der Waals surface area contributed by atoms with E-state index >= 15 is 0 Å². The zero-order chi connectivity index (χ0) is 11.4. The maximum Gasteiger partial charge on any atom is 0.0204 e. The average Bonchev–Trinajstić information content (AvgIpc) is 2.21. The van der Waals surface area contributed by atoms with E-state index in [1.54, 1.807) is 0 Å². The smallest absolute Gasteiger partial charge is 0.0204 e. The second kappa shape index (κ2) is 5.66. The third-order valence-corrected chi connectivity index (χ3v) is 4.07. The molecule has 0 amide bonds. The standard InChI is InChI=1S/C13H20BrN/c1-9(6-7-15)11(3)12-4-5-13(14)10(2)8-12/h4-5,8-9,11H,6-7,15H2,1-3H3. The third kappa shape index (κ3) is 3.32. The molecule has 1 aromatic rings. The number of benzene rings is 1. The first-order valence-corrected chi connectivity index (χ1v) is 6.31. The monoisotopic (exact) mass is 269 g/mol. The summed E-state index contributed by atoms with van der Waals surface area (Å²) in [5, 5.41) is 0. The fourth-order valence-corrected chi connectivity index (χ4v) is 2.04. The minimum absolute atomic E-state index is 0.584. The van der Waals surface area contributed by atoms with Crippen molar-refractivity contribution in [2.75, 3.05) is 6.54 Å². The van der Waals surface area contributed by atoms with Crippen molar-refractivity contribution in [3.8, 4) is 0 Å². The van der Waals surface area contributed by atoms with E-state index in [1.165, 1.54) is 15.6 Å². The van der Waals surface area contributed by atoms with Crippen molar-refractivity contribution < 1.29 is 0 Å². The summed E-state index contributed by atoms with van der Waals surface area (Å²) in [5.74, 6) is 1.23. The van der Waals surface area contributed by atoms with E-state index in [9.17, 15) is 0 Å². The molecule has 0 aliphatic rings. The van der Waals surface area contributed by atoms with Gasteiger partial charge in [-0.3, -0.25) is 0 Å². The van der Waals surface area contributed by atoms with Gasteiger partial charge in [0.15, 0.2) is 0 Å². The Hall–Kier alpha value is -0.340. The van der Waals surface area contributed by atoms with Crippen molar-refractivity contribution in [2.24, 2.45) is 11.7 Å². The van der Waals surface area contributed by atoms with Crippen LogP contribution >= 0.6 is 15.9 Å². The van der Waals surface area contributed by atoms with Gasteiger partial charge in [0.05, 0.1) is 0 Å². The molecule has 0 heterocycles. The minimum atomic E-state index is 0.584. The van der Waals surface area contributed by atoms with Crippen LogP contribution in [0.4, 0.5) is 0 Å². The lowest BCUT2D eigenvalue weighted by Crippen LogP contribution is -2.12. The molecule has 1 nitrogen and oxygen atoms in total. The molecular formula is C13H20BrN. The number of hydrogen-bond donors (Lipinski definition) is 1. The summed E-state index contributed by atoms with van der Waals surface area (Å²) in [6.07, 6.45) is 1.09. The molecule has 2 atom stereocenters. The third-order valence-electron chi connectivity index (χ3n) is 3.18. The predicted molar refractivity (Wildman–Crippen MR) is 70.1 cm³/mol. The van der Waals surface area contributed by atoms with Crippen LogP contribution in [0, 0.1) is 12.8 Å². The Bertz CT molecular complexity index is 322. The molecule has 2 N–H and O–H groups in total. The van der Waals surface area contributed by atoms with Crippen molar-refractivity contribution in [3.63, 3.8) is 0 Å². The van der Waals surface area contributed by atoms with Crippen molar-refractivity contribution in [1.82, 2.24) is 0 Å². The molecule has 0 aromatic heterocycles. The fraction of sp³-hybridized carbons (Fsp3) is 0.538. The molecule has 0 fully saturated rings. The molecule has 0 aliphatic heterocycles. The second-order valence-electron chi connectivity index (χ2n) is 4.35. The van der Waals surface area contributed by atoms with E-state index in [1.807, 2.05) is 0 Å². The predicted octanol–water partition coefficient (Wildman–Crippen LogP) is 3.85. The number of rotatable bonds is 4. The Morgan fingerprint density at radius 3 is 2.53 bits per heavy atom. The van der Waals surface area contributed by atoms with E-state index in [0.29, 0.717) is 11.8 Å². The van der Waals surface area contributed by atoms with E-state index in [4.69, 9.17) is 5.73 Å². The molecule has 0 radical (unpaired) electrons. The zero-order valence-electron chi connectivity index (χ0n) is 9.76.